The molecule has 0 aliphatic carbocycles. The summed E-state index contributed by atoms with van der Waals surface area (Å²) in [7, 11) is 0. The fourth-order valence-electron chi connectivity index (χ4n) is 1.35. The quantitative estimate of drug-likeness (QED) is 0.803. The van der Waals surface area contributed by atoms with E-state index in [1.54, 1.807) is 6.92 Å². The van der Waals surface area contributed by atoms with E-state index in [-0.39, 0.29) is 12.5 Å². The lowest BCUT2D eigenvalue weighted by molar-refractivity contribution is -0.144. The van der Waals surface area contributed by atoms with Crippen LogP contribution in [0.25, 0.3) is 11.4 Å². The molecule has 0 aliphatic rings. The van der Waals surface area contributed by atoms with Crippen molar-refractivity contribution in [3.8, 4) is 11.4 Å². The number of hydrogen-bond donors (Lipinski definition) is 0. The maximum Gasteiger partial charge on any atom is 0.329 e. The molecule has 7 heteroatoms. The van der Waals surface area contributed by atoms with Crippen molar-refractivity contribution in [1.82, 2.24) is 20.2 Å². The summed E-state index contributed by atoms with van der Waals surface area (Å²) in [6.07, 6.45) is 0. The molecule has 1 aromatic heterocycles. The third-order valence-corrected chi connectivity index (χ3v) is 2.66. The predicted octanol–water partition coefficient (Wildman–Crippen LogP) is 1.67. The van der Waals surface area contributed by atoms with Crippen LogP contribution in [0.5, 0.6) is 0 Å². The van der Waals surface area contributed by atoms with Crippen molar-refractivity contribution < 1.29 is 9.53 Å². The van der Waals surface area contributed by atoms with Crippen molar-refractivity contribution in [1.29, 1.82) is 0 Å². The molecule has 0 bridgehead atoms. The van der Waals surface area contributed by atoms with E-state index in [0.29, 0.717) is 12.4 Å². The smallest absolute Gasteiger partial charge is 0.329 e. The van der Waals surface area contributed by atoms with Crippen LogP contribution in [0, 0.1) is 0 Å². The maximum absolute atomic E-state index is 11.2. The SMILES string of the molecule is CCOC(=O)Cn1nnc(-c2ccc(Br)cc2)n1. The summed E-state index contributed by atoms with van der Waals surface area (Å²) in [6.45, 7) is 2.06. The number of carbonyl (C=O) groups excluding carboxylic acids is 1. The van der Waals surface area contributed by atoms with E-state index in [1.807, 2.05) is 24.3 Å². The Morgan fingerprint density at radius 2 is 2.11 bits per heavy atom. The van der Waals surface area contributed by atoms with Crippen molar-refractivity contribution in [2.45, 2.75) is 13.5 Å². The summed E-state index contributed by atoms with van der Waals surface area (Å²) in [5.41, 5.74) is 0.841. The zero-order chi connectivity index (χ0) is 13.0. The number of benzene rings is 1. The first kappa shape index (κ1) is 12.7. The van der Waals surface area contributed by atoms with Gasteiger partial charge in [-0.2, -0.15) is 4.80 Å². The Labute approximate surface area is 112 Å². The first-order chi connectivity index (χ1) is 8.69. The number of ether oxygens (including phenoxy) is 1. The Bertz CT molecular complexity index is 538. The highest BCUT2D eigenvalue weighted by Crippen LogP contribution is 2.17. The van der Waals surface area contributed by atoms with E-state index in [0.717, 1.165) is 10.0 Å². The van der Waals surface area contributed by atoms with Gasteiger partial charge in [-0.3, -0.25) is 0 Å². The van der Waals surface area contributed by atoms with Crippen LogP contribution >= 0.6 is 15.9 Å². The summed E-state index contributed by atoms with van der Waals surface area (Å²) in [5.74, 6) is 0.101. The summed E-state index contributed by atoms with van der Waals surface area (Å²) in [6, 6.07) is 7.52. The van der Waals surface area contributed by atoms with Crippen molar-refractivity contribution in [3.05, 3.63) is 28.7 Å². The highest BCUT2D eigenvalue weighted by molar-refractivity contribution is 9.10. The molecule has 0 amide bonds. The normalized spacial score (nSPS) is 10.3. The second kappa shape index (κ2) is 5.72. The highest BCUT2D eigenvalue weighted by atomic mass is 79.9. The van der Waals surface area contributed by atoms with Crippen LogP contribution in [0.1, 0.15) is 6.92 Å². The van der Waals surface area contributed by atoms with Crippen molar-refractivity contribution in [3.63, 3.8) is 0 Å². The van der Waals surface area contributed by atoms with E-state index in [4.69, 9.17) is 4.74 Å². The standard InChI is InChI=1S/C11H11BrN4O2/c1-2-18-10(17)7-16-14-11(13-15-16)8-3-5-9(12)6-4-8/h3-6H,2,7H2,1H3. The topological polar surface area (TPSA) is 69.9 Å². The lowest BCUT2D eigenvalue weighted by Crippen LogP contribution is -2.15. The van der Waals surface area contributed by atoms with Crippen LogP contribution in [-0.2, 0) is 16.1 Å². The van der Waals surface area contributed by atoms with E-state index >= 15 is 0 Å². The third kappa shape index (κ3) is 3.13. The molecule has 1 aromatic carbocycles. The van der Waals surface area contributed by atoms with Crippen LogP contribution < -0.4 is 0 Å². The summed E-state index contributed by atoms with van der Waals surface area (Å²) in [5, 5.41) is 11.8. The van der Waals surface area contributed by atoms with Gasteiger partial charge in [-0.15, -0.1) is 10.2 Å². The Kier molecular flexibility index (Phi) is 4.03. The molecule has 0 saturated heterocycles. The number of aromatic nitrogens is 4. The van der Waals surface area contributed by atoms with Gasteiger partial charge in [-0.25, -0.2) is 4.79 Å². The molecule has 0 radical (unpaired) electrons. The first-order valence-corrected chi connectivity index (χ1v) is 6.17. The molecule has 2 rings (SSSR count). The minimum Gasteiger partial charge on any atom is -0.465 e. The Morgan fingerprint density at radius 1 is 1.39 bits per heavy atom. The van der Waals surface area contributed by atoms with Gasteiger partial charge in [0.2, 0.25) is 5.82 Å². The van der Waals surface area contributed by atoms with E-state index in [2.05, 4.69) is 31.3 Å². The molecule has 0 aliphatic heterocycles. The van der Waals surface area contributed by atoms with E-state index in [9.17, 15) is 4.79 Å². The maximum atomic E-state index is 11.2. The Hall–Kier alpha value is -1.76. The minimum absolute atomic E-state index is 0.0304. The van der Waals surface area contributed by atoms with Gasteiger partial charge in [0.25, 0.3) is 0 Å². The lowest BCUT2D eigenvalue weighted by Gasteiger charge is -1.99. The first-order valence-electron chi connectivity index (χ1n) is 5.38. The molecule has 0 unspecified atom stereocenters. The van der Waals surface area contributed by atoms with Gasteiger partial charge in [0.05, 0.1) is 6.61 Å². The number of hydrogen-bond acceptors (Lipinski definition) is 5. The molecule has 18 heavy (non-hydrogen) atoms. The number of halogens is 1. The average molecular weight is 311 g/mol. The molecule has 0 atom stereocenters. The second-order valence-corrected chi connectivity index (χ2v) is 4.37. The summed E-state index contributed by atoms with van der Waals surface area (Å²) >= 11 is 3.35. The third-order valence-electron chi connectivity index (χ3n) is 2.13. The number of esters is 1. The van der Waals surface area contributed by atoms with Crippen molar-refractivity contribution in [2.24, 2.45) is 0 Å². The van der Waals surface area contributed by atoms with Crippen molar-refractivity contribution >= 4 is 21.9 Å². The summed E-state index contributed by atoms with van der Waals surface area (Å²) in [4.78, 5) is 12.5. The zero-order valence-corrected chi connectivity index (χ0v) is 11.3. The Balaban J connectivity index is 2.10. The van der Waals surface area contributed by atoms with Crippen LogP contribution in [0.3, 0.4) is 0 Å². The largest absolute Gasteiger partial charge is 0.465 e. The van der Waals surface area contributed by atoms with E-state index < -0.39 is 0 Å². The molecule has 1 heterocycles. The fraction of sp³-hybridized carbons (Fsp3) is 0.273. The van der Waals surface area contributed by atoms with Gasteiger partial charge in [-0.1, -0.05) is 15.9 Å². The van der Waals surface area contributed by atoms with Gasteiger partial charge in [0.15, 0.2) is 6.54 Å². The molecule has 0 saturated carbocycles. The number of tetrazole rings is 1. The Morgan fingerprint density at radius 3 is 2.78 bits per heavy atom. The minimum atomic E-state index is -0.378. The number of carbonyl (C=O) groups is 1. The fourth-order valence-corrected chi connectivity index (χ4v) is 1.61. The van der Waals surface area contributed by atoms with Crippen LogP contribution in [0.15, 0.2) is 28.7 Å². The van der Waals surface area contributed by atoms with Gasteiger partial charge < -0.3 is 4.74 Å². The molecular weight excluding hydrogens is 300 g/mol. The molecule has 6 nitrogen and oxygen atoms in total. The van der Waals surface area contributed by atoms with Crippen molar-refractivity contribution in [2.75, 3.05) is 6.61 Å². The van der Waals surface area contributed by atoms with Gasteiger partial charge >= 0.3 is 5.97 Å². The van der Waals surface area contributed by atoms with Gasteiger partial charge in [-0.05, 0) is 36.4 Å². The number of nitrogens with zero attached hydrogens (tertiary/aromatic N) is 4. The zero-order valence-electron chi connectivity index (χ0n) is 9.71. The average Bonchev–Trinajstić information content (AvgIpc) is 2.78. The molecule has 94 valence electrons. The predicted molar refractivity (Wildman–Crippen MR) is 67.6 cm³/mol. The highest BCUT2D eigenvalue weighted by Gasteiger charge is 2.09. The second-order valence-electron chi connectivity index (χ2n) is 3.46. The van der Waals surface area contributed by atoms with Gasteiger partial charge in [0.1, 0.15) is 0 Å². The monoisotopic (exact) mass is 310 g/mol. The molecule has 0 spiro atoms. The van der Waals surface area contributed by atoms with Crippen LogP contribution in [0.4, 0.5) is 0 Å². The number of rotatable bonds is 4. The van der Waals surface area contributed by atoms with Crippen LogP contribution in [0.2, 0.25) is 0 Å². The summed E-state index contributed by atoms with van der Waals surface area (Å²) < 4.78 is 5.78. The molecular formula is C11H11BrN4O2. The lowest BCUT2D eigenvalue weighted by atomic mass is 10.2. The molecule has 0 fully saturated rings. The van der Waals surface area contributed by atoms with Gasteiger partial charge in [0, 0.05) is 10.0 Å². The van der Waals surface area contributed by atoms with E-state index in [1.165, 1.54) is 4.80 Å². The molecule has 2 aromatic rings. The molecule has 0 N–H and O–H groups in total. The van der Waals surface area contributed by atoms with Crippen LogP contribution in [-0.4, -0.2) is 32.8 Å².